The molecule has 0 saturated carbocycles. The van der Waals surface area contributed by atoms with Gasteiger partial charge in [-0.15, -0.1) is 22.7 Å². The Bertz CT molecular complexity index is 5340. The summed E-state index contributed by atoms with van der Waals surface area (Å²) in [6.45, 7) is 21.7. The number of carboxylic acid groups (broad SMARTS) is 1. The number of ether oxygens (including phenoxy) is 2. The third-order valence-corrected chi connectivity index (χ3v) is 24.9. The van der Waals surface area contributed by atoms with Crippen LogP contribution in [0.3, 0.4) is 0 Å². The van der Waals surface area contributed by atoms with Crippen molar-refractivity contribution in [2.24, 2.45) is 16.7 Å². The molecule has 10 aromatic rings. The van der Waals surface area contributed by atoms with Gasteiger partial charge in [-0.2, -0.15) is 0 Å². The number of thiazole rings is 2. The molecule has 6 N–H and O–H groups in total. The van der Waals surface area contributed by atoms with Crippen molar-refractivity contribution >= 4 is 92.0 Å². The van der Waals surface area contributed by atoms with E-state index in [0.717, 1.165) is 79.7 Å². The molecular formula is C104H122N8O13S2. The molecule has 0 unspecified atom stereocenters. The summed E-state index contributed by atoms with van der Waals surface area (Å²) in [4.78, 5) is 119. The third kappa shape index (κ3) is 27.8. The number of nitrogens with zero attached hydrogens (tertiary/aromatic N) is 5. The van der Waals surface area contributed by atoms with Gasteiger partial charge < -0.3 is 55.4 Å². The van der Waals surface area contributed by atoms with Gasteiger partial charge in [0.15, 0.2) is 5.78 Å². The summed E-state index contributed by atoms with van der Waals surface area (Å²) in [5.74, 6) is -2.47. The maximum Gasteiger partial charge on any atom is 0.303 e. The molecule has 0 radical (unpaired) electrons. The fourth-order valence-electron chi connectivity index (χ4n) is 15.9. The maximum atomic E-state index is 14.1. The number of aliphatic hydroxyl groups excluding tert-OH is 2. The lowest BCUT2D eigenvalue weighted by Gasteiger charge is -2.35. The number of nitrogens with one attached hydrogen (secondary N) is 3. The molecule has 668 valence electrons. The van der Waals surface area contributed by atoms with E-state index < -0.39 is 64.9 Å². The molecule has 6 atom stereocenters. The highest BCUT2D eigenvalue weighted by Gasteiger charge is 2.46. The maximum absolute atomic E-state index is 14.1. The number of aryl methyl sites for hydroxylation is 3. The number of aliphatic hydroxyl groups is 2. The van der Waals surface area contributed by atoms with Crippen molar-refractivity contribution in [1.82, 2.24) is 40.6 Å². The standard InChI is InChI=1S/C51H59N5O6S.C28H36N2O6S.C25H27NO/c1-7-42(36-14-10-8-11-15-36)46(37-16-12-9-13-17-37)38-22-24-41(25-23-38)62-29-28-55(6)45(59)27-26-44(58)54-48(51(3,4)5)50(61)56-32-40(57)30-43(56)49(60)52-31-35-18-20-39(21-19-35)47-34(2)53-33-63-47;1-17-26(37-16-29-17)19-8-5-18(6-9-19)7-11-24(33)23-14-21(32)15-30(23)27(36)22(28(2,3)4)13-20(31)10-12-25(34)35;1-3-24(20-10-6-4-7-11-20)25(21-12-8-5-9-13-21)22-14-16-23(17-15-22)27-19-18-26-2/h8-25,33,40,43,48,57H,7,26-32H2,1-6H3,(H,52,60)(H,54,58);5-6,8-9,16,21-23,32H,7,10-15H2,1-4H3,(H,34,35);4-17,26H,3,18-19H2,1-2H3/b46-42-;;25-24-/t40-,43+,48-;21-,22-,23+;/m11./s1. The van der Waals surface area contributed by atoms with E-state index in [1.54, 1.807) is 29.7 Å². The van der Waals surface area contributed by atoms with Crippen LogP contribution in [0.5, 0.6) is 11.5 Å². The van der Waals surface area contributed by atoms with E-state index >= 15 is 0 Å². The molecule has 0 spiro atoms. The van der Waals surface area contributed by atoms with Crippen molar-refractivity contribution in [3.05, 3.63) is 285 Å². The van der Waals surface area contributed by atoms with Crippen LogP contribution in [-0.4, -0.2) is 171 Å². The predicted octanol–water partition coefficient (Wildman–Crippen LogP) is 17.6. The minimum atomic E-state index is -1.06. The minimum Gasteiger partial charge on any atom is -0.492 e. The zero-order valence-corrected chi connectivity index (χ0v) is 76.7. The molecular weight excluding hydrogens is 1630 g/mol. The number of carbonyl (C=O) groups is 8. The summed E-state index contributed by atoms with van der Waals surface area (Å²) in [5, 5.41) is 38.7. The molecule has 2 aliphatic heterocycles. The molecule has 23 heteroatoms. The van der Waals surface area contributed by atoms with Crippen molar-refractivity contribution in [1.29, 1.82) is 0 Å². The number of ketones is 2. The van der Waals surface area contributed by atoms with Crippen LogP contribution in [0.25, 0.3) is 43.2 Å². The van der Waals surface area contributed by atoms with Crippen molar-refractivity contribution < 1.29 is 63.1 Å². The van der Waals surface area contributed by atoms with Gasteiger partial charge in [0.1, 0.15) is 42.6 Å². The topological polar surface area (TPSA) is 287 Å². The summed E-state index contributed by atoms with van der Waals surface area (Å²) in [6, 6.07) is 71.8. The monoisotopic (exact) mass is 1750 g/mol. The molecule has 12 rings (SSSR count). The van der Waals surface area contributed by atoms with Crippen LogP contribution in [-0.2, 0) is 51.3 Å². The number of hydrogen-bond acceptors (Lipinski definition) is 17. The first-order chi connectivity index (χ1) is 60.9. The van der Waals surface area contributed by atoms with E-state index in [0.29, 0.717) is 25.3 Å². The van der Waals surface area contributed by atoms with Gasteiger partial charge in [0, 0.05) is 84.1 Å². The average Bonchev–Trinajstić information content (AvgIpc) is 1.57. The molecule has 4 heterocycles. The number of allylic oxidation sites excluding steroid dienone is 2. The summed E-state index contributed by atoms with van der Waals surface area (Å²) in [7, 11) is 3.60. The minimum absolute atomic E-state index is 0.0302. The van der Waals surface area contributed by atoms with Crippen molar-refractivity contribution in [3.63, 3.8) is 0 Å². The first kappa shape index (κ1) is 97.3. The molecule has 8 aromatic carbocycles. The number of likely N-dealkylation sites (tertiary alicyclic amines) is 2. The van der Waals surface area contributed by atoms with Gasteiger partial charge >= 0.3 is 5.97 Å². The van der Waals surface area contributed by atoms with Crippen LogP contribution in [0, 0.1) is 30.6 Å². The summed E-state index contributed by atoms with van der Waals surface area (Å²) in [6.07, 6.45) is 0.468. The third-order valence-electron chi connectivity index (χ3n) is 22.9. The van der Waals surface area contributed by atoms with Gasteiger partial charge in [0.2, 0.25) is 29.5 Å². The molecule has 127 heavy (non-hydrogen) atoms. The lowest BCUT2D eigenvalue weighted by molar-refractivity contribution is -0.146. The zero-order chi connectivity index (χ0) is 91.3. The summed E-state index contributed by atoms with van der Waals surface area (Å²) < 4.78 is 11.8. The second-order valence-corrected chi connectivity index (χ2v) is 36.1. The van der Waals surface area contributed by atoms with Crippen molar-refractivity contribution in [3.8, 4) is 32.4 Å². The number of carbonyl (C=O) groups excluding carboxylic acids is 7. The van der Waals surface area contributed by atoms with Crippen LogP contribution in [0.2, 0.25) is 0 Å². The molecule has 2 aromatic heterocycles. The van der Waals surface area contributed by atoms with Crippen LogP contribution in [0.15, 0.2) is 229 Å². The summed E-state index contributed by atoms with van der Waals surface area (Å²) >= 11 is 3.16. The molecule has 2 aliphatic rings. The number of amides is 5. The largest absolute Gasteiger partial charge is 0.492 e. The quantitative estimate of drug-likeness (QED) is 0.0157. The van der Waals surface area contributed by atoms with E-state index in [-0.39, 0.29) is 107 Å². The number of Topliss-reactive ketones (excluding diaryl/α,β-unsaturated/α-hetero) is 2. The van der Waals surface area contributed by atoms with Crippen molar-refractivity contribution in [2.45, 2.75) is 177 Å². The molecule has 5 amide bonds. The normalized spacial score (nSPS) is 15.8. The first-order valence-electron chi connectivity index (χ1n) is 43.7. The number of aromatic nitrogens is 2. The summed E-state index contributed by atoms with van der Waals surface area (Å²) in [5.41, 5.74) is 20.5. The first-order valence-corrected chi connectivity index (χ1v) is 45.5. The second-order valence-electron chi connectivity index (χ2n) is 34.4. The van der Waals surface area contributed by atoms with Gasteiger partial charge in [-0.3, -0.25) is 38.4 Å². The Labute approximate surface area is 755 Å². The van der Waals surface area contributed by atoms with E-state index in [4.69, 9.17) is 14.6 Å². The Hall–Kier alpha value is -11.9. The fourth-order valence-corrected chi connectivity index (χ4v) is 17.5. The molecule has 0 aliphatic carbocycles. The van der Waals surface area contributed by atoms with Crippen molar-refractivity contribution in [2.75, 3.05) is 53.5 Å². The van der Waals surface area contributed by atoms with Gasteiger partial charge in [0.05, 0.1) is 63.4 Å². The van der Waals surface area contributed by atoms with Gasteiger partial charge in [-0.05, 0) is 153 Å². The average molecular weight is 1760 g/mol. The smallest absolute Gasteiger partial charge is 0.303 e. The van der Waals surface area contributed by atoms with E-state index in [9.17, 15) is 48.6 Å². The predicted molar refractivity (Wildman–Crippen MR) is 506 cm³/mol. The highest BCUT2D eigenvalue weighted by molar-refractivity contribution is 7.13. The van der Waals surface area contributed by atoms with E-state index in [1.165, 1.54) is 59.2 Å². The number of carboxylic acids is 1. The van der Waals surface area contributed by atoms with E-state index in [1.807, 2.05) is 158 Å². The zero-order valence-electron chi connectivity index (χ0n) is 75.1. The molecule has 21 nitrogen and oxygen atoms in total. The SMILES string of the molecule is CC/C(=C(\c1ccccc1)c1ccc(OCCN(C)C(=O)CCC(=O)N[C@H](C(=O)N2C[C@H](O)C[C@H]2C(=O)NCc2ccc(-c3scnc3C)cc2)C(C)(C)C)cc1)c1ccccc1.CC/C(=C(\c1ccccc1)c1ccc(OCCNC)cc1)c1ccccc1.Cc1ncsc1-c1ccc(CCC(=O)[C@@H]2C[C@@H](O)CN2C(=O)[C@@H](CC(=O)CCC(=O)O)C(C)(C)C)cc1. The number of rotatable bonds is 36. The number of β-amino-alcohol motifs (C(OH)–C–C–N with tert-alkyl or cyclic N) is 2. The van der Waals surface area contributed by atoms with Crippen LogP contribution in [0.4, 0.5) is 0 Å². The highest BCUT2D eigenvalue weighted by atomic mass is 32.1. The van der Waals surface area contributed by atoms with Crippen LogP contribution < -0.4 is 25.4 Å². The Balaban J connectivity index is 0.000000221. The lowest BCUT2D eigenvalue weighted by Crippen LogP contribution is -2.57. The van der Waals surface area contributed by atoms with Crippen LogP contribution in [0.1, 0.15) is 175 Å². The van der Waals surface area contributed by atoms with Gasteiger partial charge in [-0.1, -0.05) is 250 Å². The number of aliphatic carboxylic acids is 1. The fraction of sp³-hybridized carbons (Fsp3) is 0.365. The number of hydrogen-bond donors (Lipinski definition) is 6. The number of benzene rings is 8. The molecule has 0 bridgehead atoms. The molecule has 2 fully saturated rings. The Morgan fingerprint density at radius 3 is 1.39 bits per heavy atom. The van der Waals surface area contributed by atoms with Gasteiger partial charge in [0.25, 0.3) is 0 Å². The highest BCUT2D eigenvalue weighted by Crippen LogP contribution is 2.40. The van der Waals surface area contributed by atoms with Gasteiger partial charge in [-0.25, -0.2) is 9.97 Å². The number of likely N-dealkylation sites (N-methyl/N-ethyl adjacent to an activating group) is 2. The van der Waals surface area contributed by atoms with E-state index in [2.05, 4.69) is 173 Å². The lowest BCUT2D eigenvalue weighted by atomic mass is 9.76. The van der Waals surface area contributed by atoms with Crippen LogP contribution >= 0.6 is 22.7 Å². The molecule has 2 saturated heterocycles. The Morgan fingerprint density at radius 2 is 0.961 bits per heavy atom. The Kier molecular flexibility index (Phi) is 36.1. The Morgan fingerprint density at radius 1 is 0.520 bits per heavy atom. The second kappa shape index (κ2) is 47.1.